The van der Waals surface area contributed by atoms with Gasteiger partial charge in [-0.25, -0.2) is 13.1 Å². The van der Waals surface area contributed by atoms with Crippen molar-refractivity contribution < 1.29 is 22.7 Å². The minimum absolute atomic E-state index is 0.140. The molecular weight excluding hydrogens is 368 g/mol. The van der Waals surface area contributed by atoms with E-state index in [-0.39, 0.29) is 16.8 Å². The summed E-state index contributed by atoms with van der Waals surface area (Å²) in [4.78, 5) is 12.4. The van der Waals surface area contributed by atoms with E-state index in [9.17, 15) is 13.2 Å². The second-order valence-electron chi connectivity index (χ2n) is 6.82. The first-order valence-electron chi connectivity index (χ1n) is 9.48. The number of hydrogen-bond acceptors (Lipinski definition) is 5. The average molecular weight is 399 g/mol. The minimum Gasteiger partial charge on any atom is -0.481 e. The van der Waals surface area contributed by atoms with Crippen LogP contribution >= 0.6 is 0 Å². The van der Waals surface area contributed by atoms with Gasteiger partial charge in [-0.2, -0.15) is 0 Å². The third-order valence-corrected chi connectivity index (χ3v) is 6.06. The number of methoxy groups -OCH3 is 1. The van der Waals surface area contributed by atoms with Gasteiger partial charge in [0.05, 0.1) is 4.90 Å². The quantitative estimate of drug-likeness (QED) is 0.590. The first-order chi connectivity index (χ1) is 12.9. The monoisotopic (exact) mass is 398 g/mol. The lowest BCUT2D eigenvalue weighted by Gasteiger charge is -2.24. The van der Waals surface area contributed by atoms with Crippen LogP contribution in [0, 0.1) is 0 Å². The second-order valence-corrected chi connectivity index (χ2v) is 8.59. The SMILES string of the molecule is COCCCNS(=O)(=O)c1ccc(O[C@@H](C)C(=O)NC2CCCCC2)cc1. The number of ether oxygens (including phenoxy) is 2. The Morgan fingerprint density at radius 3 is 2.48 bits per heavy atom. The highest BCUT2D eigenvalue weighted by Gasteiger charge is 2.21. The molecule has 2 rings (SSSR count). The van der Waals surface area contributed by atoms with E-state index in [1.807, 2.05) is 0 Å². The topological polar surface area (TPSA) is 93.7 Å². The number of sulfonamides is 1. The Hall–Kier alpha value is -1.64. The predicted octanol–water partition coefficient (Wildman–Crippen LogP) is 2.22. The van der Waals surface area contributed by atoms with Gasteiger partial charge in [-0.05, 0) is 50.5 Å². The van der Waals surface area contributed by atoms with Crippen LogP contribution in [-0.2, 0) is 19.6 Å². The van der Waals surface area contributed by atoms with E-state index in [1.54, 1.807) is 26.2 Å². The summed E-state index contributed by atoms with van der Waals surface area (Å²) in [6, 6.07) is 6.30. The lowest BCUT2D eigenvalue weighted by Crippen LogP contribution is -2.43. The zero-order valence-electron chi connectivity index (χ0n) is 16.1. The lowest BCUT2D eigenvalue weighted by molar-refractivity contribution is -0.128. The number of nitrogens with one attached hydrogen (secondary N) is 2. The molecule has 152 valence electrons. The van der Waals surface area contributed by atoms with Gasteiger partial charge >= 0.3 is 0 Å². The smallest absolute Gasteiger partial charge is 0.260 e. The van der Waals surface area contributed by atoms with Crippen LogP contribution in [0.15, 0.2) is 29.2 Å². The molecule has 0 aliphatic heterocycles. The molecule has 1 amide bonds. The summed E-state index contributed by atoms with van der Waals surface area (Å²) in [5.74, 6) is 0.318. The van der Waals surface area contributed by atoms with Crippen molar-refractivity contribution in [3.05, 3.63) is 24.3 Å². The van der Waals surface area contributed by atoms with E-state index >= 15 is 0 Å². The molecule has 1 atom stereocenters. The summed E-state index contributed by atoms with van der Waals surface area (Å²) in [6.45, 7) is 2.50. The predicted molar refractivity (Wildman–Crippen MR) is 103 cm³/mol. The molecule has 1 aliphatic carbocycles. The number of carbonyl (C=O) groups excluding carboxylic acids is 1. The van der Waals surface area contributed by atoms with Crippen LogP contribution in [0.2, 0.25) is 0 Å². The molecule has 0 aromatic heterocycles. The Morgan fingerprint density at radius 2 is 1.85 bits per heavy atom. The van der Waals surface area contributed by atoms with Crippen LogP contribution in [0.3, 0.4) is 0 Å². The zero-order chi connectivity index (χ0) is 19.7. The minimum atomic E-state index is -3.56. The molecule has 0 bridgehead atoms. The van der Waals surface area contributed by atoms with Gasteiger partial charge in [0.25, 0.3) is 5.91 Å². The van der Waals surface area contributed by atoms with Crippen molar-refractivity contribution in [3.63, 3.8) is 0 Å². The highest BCUT2D eigenvalue weighted by Crippen LogP contribution is 2.19. The van der Waals surface area contributed by atoms with Crippen molar-refractivity contribution in [3.8, 4) is 5.75 Å². The molecule has 27 heavy (non-hydrogen) atoms. The number of rotatable bonds is 10. The van der Waals surface area contributed by atoms with Gasteiger partial charge in [0.2, 0.25) is 10.0 Å². The van der Waals surface area contributed by atoms with E-state index in [1.165, 1.54) is 18.6 Å². The Morgan fingerprint density at radius 1 is 1.19 bits per heavy atom. The average Bonchev–Trinajstić information content (AvgIpc) is 2.66. The maximum Gasteiger partial charge on any atom is 0.260 e. The Balaban J connectivity index is 1.85. The molecule has 8 heteroatoms. The fourth-order valence-corrected chi connectivity index (χ4v) is 4.10. The molecular formula is C19H30N2O5S. The third-order valence-electron chi connectivity index (χ3n) is 4.58. The first kappa shape index (κ1) is 21.7. The number of hydrogen-bond donors (Lipinski definition) is 2. The van der Waals surface area contributed by atoms with Crippen molar-refractivity contribution in [1.29, 1.82) is 0 Å². The van der Waals surface area contributed by atoms with Crippen LogP contribution in [-0.4, -0.2) is 46.7 Å². The Bertz CT molecular complexity index is 685. The van der Waals surface area contributed by atoms with Crippen LogP contribution in [0.5, 0.6) is 5.75 Å². The standard InChI is InChI=1S/C19H30N2O5S/c1-15(19(22)21-16-7-4-3-5-8-16)26-17-9-11-18(12-10-17)27(23,24)20-13-6-14-25-2/h9-12,15-16,20H,3-8,13-14H2,1-2H3,(H,21,22)/t15-/m0/s1. The highest BCUT2D eigenvalue weighted by atomic mass is 32.2. The first-order valence-corrected chi connectivity index (χ1v) is 11.0. The summed E-state index contributed by atoms with van der Waals surface area (Å²) in [5, 5.41) is 3.03. The Kier molecular flexibility index (Phi) is 8.53. The summed E-state index contributed by atoms with van der Waals surface area (Å²) in [7, 11) is -1.99. The molecule has 7 nitrogen and oxygen atoms in total. The van der Waals surface area contributed by atoms with Gasteiger partial charge in [0, 0.05) is 26.3 Å². The molecule has 1 aromatic carbocycles. The number of carbonyl (C=O) groups is 1. The third kappa shape index (κ3) is 7.12. The lowest BCUT2D eigenvalue weighted by atomic mass is 9.95. The van der Waals surface area contributed by atoms with Crippen molar-refractivity contribution in [2.75, 3.05) is 20.3 Å². The normalized spacial score (nSPS) is 16.7. The van der Waals surface area contributed by atoms with Crippen molar-refractivity contribution in [2.24, 2.45) is 0 Å². The maximum absolute atomic E-state index is 12.3. The summed E-state index contributed by atoms with van der Waals surface area (Å²) in [6.07, 6.45) is 5.52. The van der Waals surface area contributed by atoms with Gasteiger partial charge < -0.3 is 14.8 Å². The van der Waals surface area contributed by atoms with Crippen molar-refractivity contribution in [2.45, 2.75) is 62.5 Å². The molecule has 1 saturated carbocycles. The summed E-state index contributed by atoms with van der Waals surface area (Å²) < 4.78 is 37.5. The molecule has 1 aliphatic rings. The Labute approximate surface area is 161 Å². The molecule has 1 aromatic rings. The molecule has 0 heterocycles. The molecule has 0 unspecified atom stereocenters. The maximum atomic E-state index is 12.3. The van der Waals surface area contributed by atoms with E-state index < -0.39 is 16.1 Å². The fourth-order valence-electron chi connectivity index (χ4n) is 3.03. The molecule has 0 radical (unpaired) electrons. The zero-order valence-corrected chi connectivity index (χ0v) is 16.9. The largest absolute Gasteiger partial charge is 0.481 e. The van der Waals surface area contributed by atoms with Gasteiger partial charge in [-0.3, -0.25) is 4.79 Å². The van der Waals surface area contributed by atoms with Gasteiger partial charge in [0.1, 0.15) is 5.75 Å². The van der Waals surface area contributed by atoms with Gasteiger partial charge in [-0.1, -0.05) is 19.3 Å². The molecule has 1 fully saturated rings. The van der Waals surface area contributed by atoms with Crippen molar-refractivity contribution >= 4 is 15.9 Å². The van der Waals surface area contributed by atoms with E-state index in [2.05, 4.69) is 10.0 Å². The number of benzene rings is 1. The molecule has 2 N–H and O–H groups in total. The molecule has 0 saturated heterocycles. The highest BCUT2D eigenvalue weighted by molar-refractivity contribution is 7.89. The van der Waals surface area contributed by atoms with Gasteiger partial charge in [-0.15, -0.1) is 0 Å². The van der Waals surface area contributed by atoms with Crippen molar-refractivity contribution in [1.82, 2.24) is 10.0 Å². The van der Waals surface area contributed by atoms with E-state index in [4.69, 9.17) is 9.47 Å². The second kappa shape index (κ2) is 10.6. The molecule has 0 spiro atoms. The van der Waals surface area contributed by atoms with Crippen LogP contribution < -0.4 is 14.8 Å². The summed E-state index contributed by atoms with van der Waals surface area (Å²) in [5.41, 5.74) is 0. The number of amides is 1. The van der Waals surface area contributed by atoms with E-state index in [0.717, 1.165) is 25.7 Å². The van der Waals surface area contributed by atoms with E-state index in [0.29, 0.717) is 25.3 Å². The summed E-state index contributed by atoms with van der Waals surface area (Å²) >= 11 is 0. The van der Waals surface area contributed by atoms with Gasteiger partial charge in [0.15, 0.2) is 6.10 Å². The van der Waals surface area contributed by atoms with Crippen LogP contribution in [0.4, 0.5) is 0 Å². The fraction of sp³-hybridized carbons (Fsp3) is 0.632. The van der Waals surface area contributed by atoms with Crippen LogP contribution in [0.25, 0.3) is 0 Å². The van der Waals surface area contributed by atoms with Crippen LogP contribution in [0.1, 0.15) is 45.4 Å².